The number of carboxylic acids is 1. The number of ether oxygens (including phenoxy) is 1. The molecule has 1 aromatic heterocycles. The maximum Gasteiger partial charge on any atom is 0.413 e. The lowest BCUT2D eigenvalue weighted by atomic mass is 10.2. The van der Waals surface area contributed by atoms with Gasteiger partial charge in [-0.15, -0.1) is 11.3 Å². The summed E-state index contributed by atoms with van der Waals surface area (Å²) in [6.45, 7) is 5.35. The Morgan fingerprint density at radius 1 is 1.47 bits per heavy atom. The molecule has 1 heterocycles. The highest BCUT2D eigenvalue weighted by Gasteiger charge is 2.17. The van der Waals surface area contributed by atoms with Crippen LogP contribution < -0.4 is 5.32 Å². The number of carboxylic acid groups (broad SMARTS) is 1. The van der Waals surface area contributed by atoms with E-state index in [4.69, 9.17) is 9.84 Å². The summed E-state index contributed by atoms with van der Waals surface area (Å²) in [6.07, 6.45) is 0.690. The molecule has 7 heteroatoms. The first-order valence-electron chi connectivity index (χ1n) is 5.92. The van der Waals surface area contributed by atoms with E-state index in [9.17, 15) is 9.59 Å². The minimum atomic E-state index is -0.817. The summed E-state index contributed by atoms with van der Waals surface area (Å²) in [7, 11) is 0. The molecular formula is C12H18N2O4S. The Hall–Kier alpha value is -1.63. The van der Waals surface area contributed by atoms with E-state index in [0.29, 0.717) is 18.0 Å². The van der Waals surface area contributed by atoms with Crippen molar-refractivity contribution < 1.29 is 19.4 Å². The number of aryl methyl sites for hydroxylation is 1. The standard InChI is InChI=1S/C12H18N2O4S/c1-12(2,3)18-11(17)14-10-13-8(7-19-10)5-4-6-9(15)16/h7H,4-6H2,1-3H3,(H,15,16)(H,13,14,17). The molecule has 0 aliphatic heterocycles. The number of nitrogens with one attached hydrogen (secondary N) is 1. The van der Waals surface area contributed by atoms with Gasteiger partial charge in [0.2, 0.25) is 0 Å². The number of aliphatic carboxylic acids is 1. The first-order chi connectivity index (χ1) is 8.76. The van der Waals surface area contributed by atoms with E-state index >= 15 is 0 Å². The molecular weight excluding hydrogens is 268 g/mol. The highest BCUT2D eigenvalue weighted by Crippen LogP contribution is 2.18. The van der Waals surface area contributed by atoms with Gasteiger partial charge in [-0.2, -0.15) is 0 Å². The van der Waals surface area contributed by atoms with Crippen LogP contribution in [-0.2, 0) is 16.0 Å². The van der Waals surface area contributed by atoms with E-state index in [-0.39, 0.29) is 6.42 Å². The summed E-state index contributed by atoms with van der Waals surface area (Å²) >= 11 is 1.29. The van der Waals surface area contributed by atoms with Crippen LogP contribution >= 0.6 is 11.3 Å². The monoisotopic (exact) mass is 286 g/mol. The number of nitrogens with zero attached hydrogens (tertiary/aromatic N) is 1. The summed E-state index contributed by atoms with van der Waals surface area (Å²) < 4.78 is 5.10. The van der Waals surface area contributed by atoms with Crippen LogP contribution in [0.2, 0.25) is 0 Å². The van der Waals surface area contributed by atoms with Gasteiger partial charge < -0.3 is 9.84 Å². The van der Waals surface area contributed by atoms with Crippen LogP contribution in [0.5, 0.6) is 0 Å². The number of rotatable bonds is 5. The molecule has 0 bridgehead atoms. The lowest BCUT2D eigenvalue weighted by Gasteiger charge is -2.18. The minimum Gasteiger partial charge on any atom is -0.481 e. The first kappa shape index (κ1) is 15.4. The molecule has 6 nitrogen and oxygen atoms in total. The molecule has 0 radical (unpaired) electrons. The van der Waals surface area contributed by atoms with Gasteiger partial charge in [0.15, 0.2) is 5.13 Å². The van der Waals surface area contributed by atoms with E-state index in [2.05, 4.69) is 10.3 Å². The average molecular weight is 286 g/mol. The third kappa shape index (κ3) is 6.76. The van der Waals surface area contributed by atoms with Crippen molar-refractivity contribution in [3.05, 3.63) is 11.1 Å². The summed E-state index contributed by atoms with van der Waals surface area (Å²) in [6, 6.07) is 0. The molecule has 0 unspecified atom stereocenters. The van der Waals surface area contributed by atoms with E-state index in [1.807, 2.05) is 0 Å². The minimum absolute atomic E-state index is 0.117. The molecule has 0 fully saturated rings. The zero-order valence-electron chi connectivity index (χ0n) is 11.2. The number of carbonyl (C=O) groups excluding carboxylic acids is 1. The SMILES string of the molecule is CC(C)(C)OC(=O)Nc1nc(CCCC(=O)O)cs1. The Morgan fingerprint density at radius 2 is 2.16 bits per heavy atom. The second-order valence-electron chi connectivity index (χ2n) is 5.02. The first-order valence-corrected chi connectivity index (χ1v) is 6.80. The Labute approximate surface area is 115 Å². The number of carbonyl (C=O) groups is 2. The summed E-state index contributed by atoms with van der Waals surface area (Å²) in [5, 5.41) is 13.3. The van der Waals surface area contributed by atoms with E-state index in [0.717, 1.165) is 5.69 Å². The lowest BCUT2D eigenvalue weighted by molar-refractivity contribution is -0.137. The molecule has 0 aromatic carbocycles. The fraction of sp³-hybridized carbons (Fsp3) is 0.583. The van der Waals surface area contributed by atoms with Crippen LogP contribution in [-0.4, -0.2) is 27.8 Å². The van der Waals surface area contributed by atoms with E-state index in [1.165, 1.54) is 11.3 Å². The Balaban J connectivity index is 2.42. The lowest BCUT2D eigenvalue weighted by Crippen LogP contribution is -2.27. The molecule has 0 saturated heterocycles. The molecule has 0 saturated carbocycles. The van der Waals surface area contributed by atoms with Crippen molar-refractivity contribution in [1.82, 2.24) is 4.98 Å². The van der Waals surface area contributed by atoms with Gasteiger partial charge in [-0.3, -0.25) is 10.1 Å². The molecule has 106 valence electrons. The van der Waals surface area contributed by atoms with Crippen molar-refractivity contribution in [3.8, 4) is 0 Å². The predicted octanol–water partition coefficient (Wildman–Crippen LogP) is 2.90. The topological polar surface area (TPSA) is 88.5 Å². The molecule has 0 aliphatic carbocycles. The average Bonchev–Trinajstić information content (AvgIpc) is 2.61. The van der Waals surface area contributed by atoms with Gasteiger partial charge in [-0.25, -0.2) is 9.78 Å². The quantitative estimate of drug-likeness (QED) is 0.868. The predicted molar refractivity (Wildman–Crippen MR) is 72.5 cm³/mol. The number of anilines is 1. The van der Waals surface area contributed by atoms with Gasteiger partial charge in [0.05, 0.1) is 5.69 Å². The molecule has 0 aliphatic rings. The number of amides is 1. The second-order valence-corrected chi connectivity index (χ2v) is 5.88. The van der Waals surface area contributed by atoms with Crippen molar-refractivity contribution in [2.24, 2.45) is 0 Å². The third-order valence-electron chi connectivity index (χ3n) is 1.98. The normalized spacial score (nSPS) is 11.1. The van der Waals surface area contributed by atoms with Gasteiger partial charge in [0.1, 0.15) is 5.60 Å². The van der Waals surface area contributed by atoms with Crippen molar-refractivity contribution in [2.45, 2.75) is 45.6 Å². The van der Waals surface area contributed by atoms with Gasteiger partial charge >= 0.3 is 12.1 Å². The van der Waals surface area contributed by atoms with Crippen molar-refractivity contribution in [3.63, 3.8) is 0 Å². The molecule has 19 heavy (non-hydrogen) atoms. The maximum atomic E-state index is 11.5. The Morgan fingerprint density at radius 3 is 2.74 bits per heavy atom. The number of aromatic nitrogens is 1. The summed E-state index contributed by atoms with van der Waals surface area (Å²) in [4.78, 5) is 26.1. The largest absolute Gasteiger partial charge is 0.481 e. The van der Waals surface area contributed by atoms with Crippen LogP contribution in [0.25, 0.3) is 0 Å². The highest BCUT2D eigenvalue weighted by atomic mass is 32.1. The van der Waals surface area contributed by atoms with Crippen molar-refractivity contribution in [2.75, 3.05) is 5.32 Å². The van der Waals surface area contributed by atoms with E-state index in [1.54, 1.807) is 26.2 Å². The van der Waals surface area contributed by atoms with Crippen LogP contribution in [0, 0.1) is 0 Å². The Kier molecular flexibility index (Phi) is 5.29. The van der Waals surface area contributed by atoms with Crippen LogP contribution in [0.3, 0.4) is 0 Å². The smallest absolute Gasteiger partial charge is 0.413 e. The van der Waals surface area contributed by atoms with Gasteiger partial charge in [0.25, 0.3) is 0 Å². The zero-order valence-corrected chi connectivity index (χ0v) is 12.0. The summed E-state index contributed by atoms with van der Waals surface area (Å²) in [5.41, 5.74) is 0.225. The van der Waals surface area contributed by atoms with Crippen LogP contribution in [0.15, 0.2) is 5.38 Å². The molecule has 0 atom stereocenters. The fourth-order valence-corrected chi connectivity index (χ4v) is 2.02. The van der Waals surface area contributed by atoms with Crippen molar-refractivity contribution >= 4 is 28.5 Å². The maximum absolute atomic E-state index is 11.5. The second kappa shape index (κ2) is 6.51. The molecule has 1 rings (SSSR count). The number of hydrogen-bond donors (Lipinski definition) is 2. The molecule has 0 spiro atoms. The van der Waals surface area contributed by atoms with Crippen LogP contribution in [0.1, 0.15) is 39.3 Å². The zero-order chi connectivity index (χ0) is 14.5. The van der Waals surface area contributed by atoms with Crippen molar-refractivity contribution in [1.29, 1.82) is 0 Å². The highest BCUT2D eigenvalue weighted by molar-refractivity contribution is 7.13. The van der Waals surface area contributed by atoms with E-state index < -0.39 is 17.7 Å². The summed E-state index contributed by atoms with van der Waals surface area (Å²) in [5.74, 6) is -0.817. The molecule has 1 aromatic rings. The van der Waals surface area contributed by atoms with Gasteiger partial charge in [0, 0.05) is 11.8 Å². The number of thiazole rings is 1. The van der Waals surface area contributed by atoms with Crippen LogP contribution in [0.4, 0.5) is 9.93 Å². The fourth-order valence-electron chi connectivity index (χ4n) is 1.29. The molecule has 1 amide bonds. The third-order valence-corrected chi connectivity index (χ3v) is 2.79. The van der Waals surface area contributed by atoms with Gasteiger partial charge in [-0.1, -0.05) is 0 Å². The van der Waals surface area contributed by atoms with Gasteiger partial charge in [-0.05, 0) is 33.6 Å². The number of hydrogen-bond acceptors (Lipinski definition) is 5. The molecule has 2 N–H and O–H groups in total. The Bertz CT molecular complexity index is 451.